The molecular weight excluding hydrogens is 220 g/mol. The van der Waals surface area contributed by atoms with Crippen molar-refractivity contribution in [3.8, 4) is 0 Å². The van der Waals surface area contributed by atoms with Gasteiger partial charge in [0, 0.05) is 23.3 Å². The van der Waals surface area contributed by atoms with Crippen LogP contribution in [0.3, 0.4) is 0 Å². The average Bonchev–Trinajstić information content (AvgIpc) is 2.18. The summed E-state index contributed by atoms with van der Waals surface area (Å²) in [5.74, 6) is 1.82. The van der Waals surface area contributed by atoms with Crippen LogP contribution >= 0.6 is 23.5 Å². The summed E-state index contributed by atoms with van der Waals surface area (Å²) in [6.07, 6.45) is 2.85. The van der Waals surface area contributed by atoms with Crippen LogP contribution in [0.2, 0.25) is 0 Å². The van der Waals surface area contributed by atoms with Crippen LogP contribution in [-0.4, -0.2) is 28.3 Å². The first-order valence-electron chi connectivity index (χ1n) is 4.57. The molecule has 4 nitrogen and oxygen atoms in total. The molecule has 0 aromatic carbocycles. The van der Waals surface area contributed by atoms with Gasteiger partial charge in [0.1, 0.15) is 0 Å². The molecule has 1 saturated heterocycles. The Morgan fingerprint density at radius 3 is 3.14 bits per heavy atom. The lowest BCUT2D eigenvalue weighted by Gasteiger charge is -2.16. The second-order valence-electron chi connectivity index (χ2n) is 2.79. The van der Waals surface area contributed by atoms with Crippen LogP contribution in [0.4, 0.5) is 0 Å². The molecule has 0 aliphatic carbocycles. The van der Waals surface area contributed by atoms with Crippen molar-refractivity contribution in [1.29, 1.82) is 0 Å². The van der Waals surface area contributed by atoms with Gasteiger partial charge in [0.25, 0.3) is 5.37 Å². The number of nitrogens with zero attached hydrogens (tertiary/aromatic N) is 1. The largest absolute Gasteiger partial charge is 0.380 e. The summed E-state index contributed by atoms with van der Waals surface area (Å²) in [6.45, 7) is 2.86. The van der Waals surface area contributed by atoms with E-state index in [4.69, 9.17) is 0 Å². The van der Waals surface area contributed by atoms with Crippen molar-refractivity contribution in [3.63, 3.8) is 0 Å². The smallest absolute Gasteiger partial charge is 0.279 e. The highest BCUT2D eigenvalue weighted by atomic mass is 32.2. The van der Waals surface area contributed by atoms with Crippen molar-refractivity contribution in [1.82, 2.24) is 5.32 Å². The summed E-state index contributed by atoms with van der Waals surface area (Å²) < 4.78 is 0. The van der Waals surface area contributed by atoms with Crippen LogP contribution in [0.25, 0.3) is 0 Å². The Morgan fingerprint density at radius 1 is 1.86 bits per heavy atom. The summed E-state index contributed by atoms with van der Waals surface area (Å²) in [5.41, 5.74) is 0. The Balaban J connectivity index is 2.54. The fourth-order valence-electron chi connectivity index (χ4n) is 1.09. The third-order valence-corrected chi connectivity index (χ3v) is 3.78. The van der Waals surface area contributed by atoms with E-state index in [0.717, 1.165) is 29.5 Å². The average molecular weight is 234 g/mol. The minimum Gasteiger partial charge on any atom is -0.380 e. The number of hydrogen-bond acceptors (Lipinski definition) is 5. The Bertz CT molecular complexity index is 225. The summed E-state index contributed by atoms with van der Waals surface area (Å²) >= 11 is 3.02. The van der Waals surface area contributed by atoms with Gasteiger partial charge in [-0.25, -0.2) is 0 Å². The van der Waals surface area contributed by atoms with E-state index in [-0.39, 0.29) is 4.92 Å². The van der Waals surface area contributed by atoms with Crippen LogP contribution in [0.5, 0.6) is 0 Å². The summed E-state index contributed by atoms with van der Waals surface area (Å²) in [6, 6.07) is 0. The zero-order chi connectivity index (χ0) is 10.4. The molecule has 1 N–H and O–H groups in total. The quantitative estimate of drug-likeness (QED) is 0.457. The second kappa shape index (κ2) is 6.19. The van der Waals surface area contributed by atoms with Crippen molar-refractivity contribution in [2.45, 2.75) is 18.7 Å². The molecule has 80 valence electrons. The molecule has 0 aromatic rings. The standard InChI is InChI=1S/C8H14N2O2S2/c1-2-13-8(10(11)12)6-7-9-4-3-5-14-7/h6,8-9H,2-5H2,1H3. The molecule has 1 aliphatic heterocycles. The molecule has 1 aliphatic rings. The number of rotatable bonds is 4. The molecule has 1 atom stereocenters. The minimum absolute atomic E-state index is 0.238. The predicted molar refractivity (Wildman–Crippen MR) is 62.1 cm³/mol. The van der Waals surface area contributed by atoms with Gasteiger partial charge in [0.2, 0.25) is 0 Å². The van der Waals surface area contributed by atoms with Crippen LogP contribution in [0, 0.1) is 10.1 Å². The minimum atomic E-state index is -0.604. The molecule has 0 radical (unpaired) electrons. The first kappa shape index (κ1) is 11.7. The summed E-state index contributed by atoms with van der Waals surface area (Å²) in [7, 11) is 0. The molecule has 1 rings (SSSR count). The normalized spacial score (nSPS) is 21.6. The first-order chi connectivity index (χ1) is 6.74. The fourth-order valence-corrected chi connectivity index (χ4v) is 2.81. The van der Waals surface area contributed by atoms with Gasteiger partial charge < -0.3 is 5.32 Å². The number of nitro groups is 1. The predicted octanol–water partition coefficient (Wildman–Crippen LogP) is 1.91. The monoisotopic (exact) mass is 234 g/mol. The van der Waals surface area contributed by atoms with E-state index >= 15 is 0 Å². The third kappa shape index (κ3) is 3.79. The molecule has 0 spiro atoms. The van der Waals surface area contributed by atoms with E-state index in [1.807, 2.05) is 6.92 Å². The highest BCUT2D eigenvalue weighted by molar-refractivity contribution is 8.03. The van der Waals surface area contributed by atoms with Gasteiger partial charge in [0.05, 0.1) is 5.03 Å². The van der Waals surface area contributed by atoms with E-state index < -0.39 is 5.37 Å². The molecule has 1 fully saturated rings. The maximum Gasteiger partial charge on any atom is 0.279 e. The van der Waals surface area contributed by atoms with Crippen LogP contribution in [0.1, 0.15) is 13.3 Å². The van der Waals surface area contributed by atoms with Crippen molar-refractivity contribution in [2.24, 2.45) is 0 Å². The highest BCUT2D eigenvalue weighted by Gasteiger charge is 2.18. The Morgan fingerprint density at radius 2 is 2.64 bits per heavy atom. The summed E-state index contributed by atoms with van der Waals surface area (Å²) in [4.78, 5) is 10.4. The van der Waals surface area contributed by atoms with Crippen LogP contribution < -0.4 is 5.32 Å². The maximum atomic E-state index is 10.7. The van der Waals surface area contributed by atoms with Crippen LogP contribution in [-0.2, 0) is 0 Å². The number of nitrogens with one attached hydrogen (secondary N) is 1. The molecule has 0 bridgehead atoms. The molecule has 0 saturated carbocycles. The summed E-state index contributed by atoms with van der Waals surface area (Å²) in [5, 5.41) is 14.2. The first-order valence-corrected chi connectivity index (χ1v) is 6.61. The Hall–Kier alpha value is -0.360. The van der Waals surface area contributed by atoms with Gasteiger partial charge in [0.15, 0.2) is 0 Å². The maximum absolute atomic E-state index is 10.7. The van der Waals surface area contributed by atoms with Gasteiger partial charge in [-0.1, -0.05) is 18.7 Å². The lowest BCUT2D eigenvalue weighted by molar-refractivity contribution is -0.483. The van der Waals surface area contributed by atoms with Crippen molar-refractivity contribution < 1.29 is 4.92 Å². The second-order valence-corrected chi connectivity index (χ2v) is 5.32. The topological polar surface area (TPSA) is 55.2 Å². The lowest BCUT2D eigenvalue weighted by Crippen LogP contribution is -2.22. The van der Waals surface area contributed by atoms with Gasteiger partial charge in [-0.15, -0.1) is 11.8 Å². The zero-order valence-corrected chi connectivity index (χ0v) is 9.70. The van der Waals surface area contributed by atoms with Gasteiger partial charge >= 0.3 is 0 Å². The zero-order valence-electron chi connectivity index (χ0n) is 8.06. The van der Waals surface area contributed by atoms with E-state index in [9.17, 15) is 10.1 Å². The Labute approximate surface area is 92.0 Å². The van der Waals surface area contributed by atoms with E-state index in [2.05, 4.69) is 5.32 Å². The fraction of sp³-hybridized carbons (Fsp3) is 0.750. The number of thioether (sulfide) groups is 2. The van der Waals surface area contributed by atoms with Crippen molar-refractivity contribution in [2.75, 3.05) is 18.1 Å². The lowest BCUT2D eigenvalue weighted by atomic mass is 10.4. The SMILES string of the molecule is CCSC(C=C1NCCCS1)[N+](=O)[O-]. The molecule has 0 amide bonds. The highest BCUT2D eigenvalue weighted by Crippen LogP contribution is 2.22. The van der Waals surface area contributed by atoms with E-state index in [1.54, 1.807) is 17.8 Å². The molecule has 14 heavy (non-hydrogen) atoms. The van der Waals surface area contributed by atoms with Crippen molar-refractivity contribution >= 4 is 23.5 Å². The molecule has 1 unspecified atom stereocenters. The molecular formula is C8H14N2O2S2. The number of hydrogen-bond donors (Lipinski definition) is 1. The van der Waals surface area contributed by atoms with Crippen molar-refractivity contribution in [3.05, 3.63) is 21.2 Å². The Kier molecular flexibility index (Phi) is 5.17. The van der Waals surface area contributed by atoms with E-state index in [1.165, 1.54) is 11.8 Å². The molecule has 1 heterocycles. The van der Waals surface area contributed by atoms with Crippen LogP contribution in [0.15, 0.2) is 11.1 Å². The third-order valence-electron chi connectivity index (χ3n) is 1.72. The van der Waals surface area contributed by atoms with E-state index in [0.29, 0.717) is 0 Å². The van der Waals surface area contributed by atoms with Gasteiger partial charge in [-0.2, -0.15) is 0 Å². The van der Waals surface area contributed by atoms with Gasteiger partial charge in [-0.05, 0) is 12.2 Å². The van der Waals surface area contributed by atoms with Gasteiger partial charge in [-0.3, -0.25) is 10.1 Å². The molecule has 6 heteroatoms. The molecule has 0 aromatic heterocycles.